The lowest BCUT2D eigenvalue weighted by Crippen LogP contribution is -2.73. The van der Waals surface area contributed by atoms with Crippen molar-refractivity contribution >= 4 is 11.8 Å². The number of piperazine rings is 1. The molecule has 0 aliphatic carbocycles. The van der Waals surface area contributed by atoms with Gasteiger partial charge in [0.1, 0.15) is 11.6 Å². The first-order valence-corrected chi connectivity index (χ1v) is 6.90. The number of methoxy groups -OCH3 is 1. The Balaban J connectivity index is 3.20. The number of carbonyl (C=O) groups is 2. The van der Waals surface area contributed by atoms with Gasteiger partial charge in [-0.05, 0) is 33.6 Å². The molecule has 0 spiro atoms. The van der Waals surface area contributed by atoms with Crippen LogP contribution < -0.4 is 5.32 Å². The van der Waals surface area contributed by atoms with Crippen LogP contribution in [0.3, 0.4) is 0 Å². The van der Waals surface area contributed by atoms with E-state index in [1.165, 1.54) is 0 Å². The minimum atomic E-state index is -0.769. The molecule has 0 aromatic heterocycles. The van der Waals surface area contributed by atoms with Crippen molar-refractivity contribution in [1.29, 1.82) is 0 Å². The van der Waals surface area contributed by atoms with Crippen molar-refractivity contribution in [3.63, 3.8) is 0 Å². The van der Waals surface area contributed by atoms with Crippen LogP contribution in [0.1, 0.15) is 47.5 Å². The highest BCUT2D eigenvalue weighted by Crippen LogP contribution is 2.30. The number of ether oxygens (including phenoxy) is 1. The number of rotatable bonds is 5. The fourth-order valence-corrected chi connectivity index (χ4v) is 2.87. The van der Waals surface area contributed by atoms with E-state index in [9.17, 15) is 9.59 Å². The molecule has 19 heavy (non-hydrogen) atoms. The maximum Gasteiger partial charge on any atom is 0.249 e. The van der Waals surface area contributed by atoms with Crippen LogP contribution in [0.4, 0.5) is 0 Å². The number of carbonyl (C=O) groups excluding carboxylic acids is 2. The Bertz CT molecular complexity index is 362. The highest BCUT2D eigenvalue weighted by atomic mass is 16.5. The molecule has 110 valence electrons. The Hall–Kier alpha value is -1.10. The van der Waals surface area contributed by atoms with E-state index in [2.05, 4.69) is 5.32 Å². The number of hydrogen-bond acceptors (Lipinski definition) is 3. The van der Waals surface area contributed by atoms with E-state index >= 15 is 0 Å². The molecular weight excluding hydrogens is 244 g/mol. The topological polar surface area (TPSA) is 58.6 Å². The zero-order valence-corrected chi connectivity index (χ0v) is 12.9. The van der Waals surface area contributed by atoms with E-state index in [4.69, 9.17) is 4.74 Å². The maximum absolute atomic E-state index is 12.8. The molecule has 0 bridgehead atoms. The number of nitrogens with zero attached hydrogens (tertiary/aromatic N) is 1. The second kappa shape index (κ2) is 5.49. The summed E-state index contributed by atoms with van der Waals surface area (Å²) in [5.74, 6) is -0.0980. The van der Waals surface area contributed by atoms with Crippen LogP contribution in [-0.2, 0) is 14.3 Å². The van der Waals surface area contributed by atoms with Crippen LogP contribution in [0.2, 0.25) is 0 Å². The fraction of sp³-hybridized carbons (Fsp3) is 0.857. The third kappa shape index (κ3) is 2.61. The van der Waals surface area contributed by atoms with E-state index < -0.39 is 17.1 Å². The second-order valence-electron chi connectivity index (χ2n) is 5.88. The lowest BCUT2D eigenvalue weighted by atomic mass is 9.84. The van der Waals surface area contributed by atoms with Gasteiger partial charge in [0.15, 0.2) is 0 Å². The van der Waals surface area contributed by atoms with E-state index in [-0.39, 0.29) is 11.8 Å². The van der Waals surface area contributed by atoms with Crippen LogP contribution in [0.15, 0.2) is 0 Å². The molecular formula is C14H26N2O3. The summed E-state index contributed by atoms with van der Waals surface area (Å²) < 4.78 is 5.20. The Morgan fingerprint density at radius 3 is 2.26 bits per heavy atom. The molecule has 1 heterocycles. The van der Waals surface area contributed by atoms with Crippen molar-refractivity contribution < 1.29 is 14.3 Å². The molecule has 0 aromatic rings. The predicted molar refractivity (Wildman–Crippen MR) is 73.7 cm³/mol. The zero-order chi connectivity index (χ0) is 14.8. The Morgan fingerprint density at radius 1 is 1.32 bits per heavy atom. The molecule has 1 unspecified atom stereocenters. The molecule has 5 nitrogen and oxygen atoms in total. The van der Waals surface area contributed by atoms with Crippen molar-refractivity contribution in [2.75, 3.05) is 13.7 Å². The summed E-state index contributed by atoms with van der Waals surface area (Å²) in [5, 5.41) is 2.90. The fourth-order valence-electron chi connectivity index (χ4n) is 2.87. The van der Waals surface area contributed by atoms with Crippen molar-refractivity contribution in [1.82, 2.24) is 10.2 Å². The van der Waals surface area contributed by atoms with Crippen LogP contribution >= 0.6 is 0 Å². The van der Waals surface area contributed by atoms with Crippen LogP contribution in [0, 0.1) is 0 Å². The molecule has 1 aliphatic heterocycles. The van der Waals surface area contributed by atoms with E-state index in [1.807, 2.05) is 27.7 Å². The number of nitrogens with one attached hydrogen (secondary N) is 1. The lowest BCUT2D eigenvalue weighted by Gasteiger charge is -2.50. The smallest absolute Gasteiger partial charge is 0.249 e. The lowest BCUT2D eigenvalue weighted by molar-refractivity contribution is -0.163. The highest BCUT2D eigenvalue weighted by molar-refractivity contribution is 6.00. The summed E-state index contributed by atoms with van der Waals surface area (Å²) in [4.78, 5) is 26.7. The second-order valence-corrected chi connectivity index (χ2v) is 5.88. The molecule has 1 fully saturated rings. The van der Waals surface area contributed by atoms with Crippen LogP contribution in [0.25, 0.3) is 0 Å². The molecule has 0 radical (unpaired) electrons. The third-order valence-electron chi connectivity index (χ3n) is 4.11. The summed E-state index contributed by atoms with van der Waals surface area (Å²) in [6.45, 7) is 9.89. The van der Waals surface area contributed by atoms with Gasteiger partial charge in [0.25, 0.3) is 0 Å². The SMILES string of the molecule is CCC1(CC)NC(=O)C(C)N(C(C)(C)COC)C1=O. The number of hydrogen-bond donors (Lipinski definition) is 1. The predicted octanol–water partition coefficient (Wildman–Crippen LogP) is 1.32. The molecule has 1 N–H and O–H groups in total. The van der Waals surface area contributed by atoms with Gasteiger partial charge in [-0.1, -0.05) is 13.8 Å². The highest BCUT2D eigenvalue weighted by Gasteiger charge is 2.51. The number of amides is 2. The van der Waals surface area contributed by atoms with Crippen molar-refractivity contribution in [3.8, 4) is 0 Å². The third-order valence-corrected chi connectivity index (χ3v) is 4.11. The average molecular weight is 270 g/mol. The van der Waals surface area contributed by atoms with Crippen molar-refractivity contribution in [2.45, 2.75) is 64.6 Å². The normalized spacial score (nSPS) is 23.5. The summed E-state index contributed by atoms with van der Waals surface area (Å²) >= 11 is 0. The molecule has 2 amide bonds. The quantitative estimate of drug-likeness (QED) is 0.819. The summed E-state index contributed by atoms with van der Waals surface area (Å²) in [5.41, 5.74) is -1.27. The molecule has 1 saturated heterocycles. The van der Waals surface area contributed by atoms with Gasteiger partial charge in [-0.15, -0.1) is 0 Å². The minimum Gasteiger partial charge on any atom is -0.382 e. The van der Waals surface area contributed by atoms with Crippen molar-refractivity contribution in [3.05, 3.63) is 0 Å². The Morgan fingerprint density at radius 2 is 1.84 bits per heavy atom. The molecule has 5 heteroatoms. The van der Waals surface area contributed by atoms with E-state index in [1.54, 1.807) is 18.9 Å². The summed E-state index contributed by atoms with van der Waals surface area (Å²) in [7, 11) is 1.60. The van der Waals surface area contributed by atoms with E-state index in [0.717, 1.165) is 0 Å². The Labute approximate surface area is 115 Å². The first-order valence-electron chi connectivity index (χ1n) is 6.90. The summed E-state index contributed by atoms with van der Waals surface area (Å²) in [6.07, 6.45) is 1.20. The molecule has 0 aromatic carbocycles. The monoisotopic (exact) mass is 270 g/mol. The van der Waals surface area contributed by atoms with Gasteiger partial charge in [-0.25, -0.2) is 0 Å². The van der Waals surface area contributed by atoms with Crippen LogP contribution in [-0.4, -0.2) is 47.6 Å². The van der Waals surface area contributed by atoms with Gasteiger partial charge in [0, 0.05) is 7.11 Å². The molecule has 1 rings (SSSR count). The van der Waals surface area contributed by atoms with Gasteiger partial charge in [-0.3, -0.25) is 9.59 Å². The van der Waals surface area contributed by atoms with Gasteiger partial charge in [-0.2, -0.15) is 0 Å². The standard InChI is InChI=1S/C14H26N2O3/c1-7-14(8-2)12(18)16(10(3)11(17)15-14)13(4,5)9-19-6/h10H,7-9H2,1-6H3,(H,15,17). The average Bonchev–Trinajstić information content (AvgIpc) is 2.34. The molecule has 1 aliphatic rings. The van der Waals surface area contributed by atoms with Crippen LogP contribution in [0.5, 0.6) is 0 Å². The zero-order valence-electron chi connectivity index (χ0n) is 12.9. The largest absolute Gasteiger partial charge is 0.382 e. The maximum atomic E-state index is 12.8. The van der Waals surface area contributed by atoms with Gasteiger partial charge >= 0.3 is 0 Å². The summed E-state index contributed by atoms with van der Waals surface area (Å²) in [6, 6.07) is -0.469. The van der Waals surface area contributed by atoms with Gasteiger partial charge in [0.2, 0.25) is 11.8 Å². The van der Waals surface area contributed by atoms with Gasteiger partial charge in [0.05, 0.1) is 12.1 Å². The minimum absolute atomic E-state index is 0.00773. The van der Waals surface area contributed by atoms with Gasteiger partial charge < -0.3 is 15.0 Å². The first-order chi connectivity index (χ1) is 8.75. The molecule has 1 atom stereocenters. The van der Waals surface area contributed by atoms with Crippen molar-refractivity contribution in [2.24, 2.45) is 0 Å². The Kier molecular flexibility index (Phi) is 4.61. The first kappa shape index (κ1) is 16.0. The molecule has 0 saturated carbocycles. The van der Waals surface area contributed by atoms with E-state index in [0.29, 0.717) is 19.4 Å².